The average Bonchev–Trinajstić information content (AvgIpc) is 2.59. The number of piperazine rings is 1. The summed E-state index contributed by atoms with van der Waals surface area (Å²) in [6, 6.07) is 6.07. The van der Waals surface area contributed by atoms with Crippen molar-refractivity contribution in [3.63, 3.8) is 0 Å². The van der Waals surface area contributed by atoms with Crippen molar-refractivity contribution in [3.05, 3.63) is 29.8 Å². The smallest absolute Gasteiger partial charge is 0.251 e. The first kappa shape index (κ1) is 19.8. The minimum absolute atomic E-state index is 0.121. The van der Waals surface area contributed by atoms with E-state index in [0.717, 1.165) is 13.1 Å². The third kappa shape index (κ3) is 5.50. The molecule has 1 N–H and O–H groups in total. The normalized spacial score (nSPS) is 17.0. The van der Waals surface area contributed by atoms with Crippen LogP contribution in [0.25, 0.3) is 0 Å². The number of benzene rings is 1. The maximum Gasteiger partial charge on any atom is 0.251 e. The number of carbonyl (C=O) groups is 1. The third-order valence-electron chi connectivity index (χ3n) is 4.06. The van der Waals surface area contributed by atoms with Gasteiger partial charge in [0.2, 0.25) is 10.0 Å². The fourth-order valence-electron chi connectivity index (χ4n) is 2.52. The lowest BCUT2D eigenvalue weighted by molar-refractivity contribution is 0.0746. The van der Waals surface area contributed by atoms with E-state index in [0.29, 0.717) is 31.8 Å². The van der Waals surface area contributed by atoms with E-state index in [9.17, 15) is 13.2 Å². The zero-order valence-corrected chi connectivity index (χ0v) is 15.9. The number of carbonyl (C=O) groups excluding carboxylic acids is 1. The van der Waals surface area contributed by atoms with Crippen LogP contribution in [0, 0.1) is 0 Å². The molecule has 0 bridgehead atoms. The molecule has 2 rings (SSSR count). The number of rotatable bonds is 7. The fourth-order valence-corrected chi connectivity index (χ4v) is 3.94. The van der Waals surface area contributed by atoms with Gasteiger partial charge >= 0.3 is 0 Å². The van der Waals surface area contributed by atoms with Crippen LogP contribution in [0.3, 0.4) is 0 Å². The summed E-state index contributed by atoms with van der Waals surface area (Å²) in [5, 5.41) is 2.75. The minimum Gasteiger partial charge on any atom is -0.377 e. The molecule has 1 aromatic rings. The molecule has 1 amide bonds. The molecular formula is C17H27N3O4S. The highest BCUT2D eigenvalue weighted by molar-refractivity contribution is 7.89. The molecule has 25 heavy (non-hydrogen) atoms. The molecular weight excluding hydrogens is 342 g/mol. The monoisotopic (exact) mass is 369 g/mol. The van der Waals surface area contributed by atoms with E-state index in [2.05, 4.69) is 10.2 Å². The number of amides is 1. The lowest BCUT2D eigenvalue weighted by atomic mass is 10.2. The van der Waals surface area contributed by atoms with Gasteiger partial charge in [-0.25, -0.2) is 8.42 Å². The summed E-state index contributed by atoms with van der Waals surface area (Å²) in [6.45, 7) is 7.13. The Labute approximate surface area is 150 Å². The Kier molecular flexibility index (Phi) is 6.95. The average molecular weight is 369 g/mol. The van der Waals surface area contributed by atoms with Crippen molar-refractivity contribution in [1.29, 1.82) is 0 Å². The first-order chi connectivity index (χ1) is 11.8. The van der Waals surface area contributed by atoms with Crippen molar-refractivity contribution in [2.24, 2.45) is 0 Å². The van der Waals surface area contributed by atoms with Crippen LogP contribution < -0.4 is 5.32 Å². The van der Waals surface area contributed by atoms with Gasteiger partial charge in [-0.2, -0.15) is 4.31 Å². The number of hydrogen-bond donors (Lipinski definition) is 1. The molecule has 0 atom stereocenters. The Bertz CT molecular complexity index is 666. The zero-order chi connectivity index (χ0) is 18.4. The Morgan fingerprint density at radius 3 is 2.32 bits per heavy atom. The largest absolute Gasteiger partial charge is 0.377 e. The van der Waals surface area contributed by atoms with E-state index in [4.69, 9.17) is 4.74 Å². The SMILES string of the molecule is CC(C)OCCNC(=O)c1ccc(S(=O)(=O)N2CCN(C)CC2)cc1. The zero-order valence-electron chi connectivity index (χ0n) is 15.1. The summed E-state index contributed by atoms with van der Waals surface area (Å²) in [7, 11) is -1.53. The van der Waals surface area contributed by atoms with Crippen molar-refractivity contribution in [2.75, 3.05) is 46.4 Å². The van der Waals surface area contributed by atoms with E-state index in [1.807, 2.05) is 20.9 Å². The maximum atomic E-state index is 12.6. The van der Waals surface area contributed by atoms with Crippen molar-refractivity contribution in [3.8, 4) is 0 Å². The summed E-state index contributed by atoms with van der Waals surface area (Å²) >= 11 is 0. The van der Waals surface area contributed by atoms with Gasteiger partial charge in [-0.3, -0.25) is 4.79 Å². The molecule has 0 saturated carbocycles. The molecule has 8 heteroatoms. The predicted octanol–water partition coefficient (Wildman–Crippen LogP) is 0.778. The van der Waals surface area contributed by atoms with Crippen molar-refractivity contribution in [2.45, 2.75) is 24.8 Å². The van der Waals surface area contributed by atoms with Gasteiger partial charge in [0, 0.05) is 38.3 Å². The summed E-state index contributed by atoms with van der Waals surface area (Å²) in [6.07, 6.45) is 0.121. The molecule has 0 unspecified atom stereocenters. The number of nitrogens with one attached hydrogen (secondary N) is 1. The summed E-state index contributed by atoms with van der Waals surface area (Å²) in [5.74, 6) is -0.240. The quantitative estimate of drug-likeness (QED) is 0.719. The topological polar surface area (TPSA) is 78.9 Å². The van der Waals surface area contributed by atoms with Gasteiger partial charge in [0.25, 0.3) is 5.91 Å². The van der Waals surface area contributed by atoms with Crippen LogP contribution in [-0.2, 0) is 14.8 Å². The molecule has 1 aliphatic rings. The molecule has 0 aliphatic carbocycles. The number of hydrogen-bond acceptors (Lipinski definition) is 5. The Balaban J connectivity index is 1.95. The molecule has 1 saturated heterocycles. The fraction of sp³-hybridized carbons (Fsp3) is 0.588. The van der Waals surface area contributed by atoms with E-state index < -0.39 is 10.0 Å². The predicted molar refractivity (Wildman–Crippen MR) is 96.1 cm³/mol. The van der Waals surface area contributed by atoms with Crippen molar-refractivity contribution >= 4 is 15.9 Å². The first-order valence-corrected chi connectivity index (χ1v) is 9.93. The second-order valence-corrected chi connectivity index (χ2v) is 8.35. The van der Waals surface area contributed by atoms with Crippen LogP contribution in [0.4, 0.5) is 0 Å². The second-order valence-electron chi connectivity index (χ2n) is 6.41. The van der Waals surface area contributed by atoms with Gasteiger partial charge in [0.1, 0.15) is 0 Å². The standard InChI is InChI=1S/C17H27N3O4S/c1-14(2)24-13-8-18-17(21)15-4-6-16(7-5-15)25(22,23)20-11-9-19(3)10-12-20/h4-7,14H,8-13H2,1-3H3,(H,18,21). The van der Waals surface area contributed by atoms with Gasteiger partial charge in [0.15, 0.2) is 0 Å². The second kappa shape index (κ2) is 8.75. The van der Waals surface area contributed by atoms with Crippen LogP contribution in [0.15, 0.2) is 29.2 Å². The van der Waals surface area contributed by atoms with Gasteiger partial charge in [-0.05, 0) is 45.2 Å². The minimum atomic E-state index is -3.50. The van der Waals surface area contributed by atoms with Gasteiger partial charge in [0.05, 0.1) is 17.6 Å². The summed E-state index contributed by atoms with van der Waals surface area (Å²) in [5.41, 5.74) is 0.432. The lowest BCUT2D eigenvalue weighted by Crippen LogP contribution is -2.47. The van der Waals surface area contributed by atoms with Crippen molar-refractivity contribution in [1.82, 2.24) is 14.5 Å². The molecule has 1 heterocycles. The van der Waals surface area contributed by atoms with Crippen LogP contribution >= 0.6 is 0 Å². The molecule has 0 spiro atoms. The molecule has 0 aromatic heterocycles. The number of likely N-dealkylation sites (N-methyl/N-ethyl adjacent to an activating group) is 1. The van der Waals surface area contributed by atoms with E-state index >= 15 is 0 Å². The molecule has 0 radical (unpaired) electrons. The van der Waals surface area contributed by atoms with Crippen molar-refractivity contribution < 1.29 is 17.9 Å². The first-order valence-electron chi connectivity index (χ1n) is 8.49. The van der Waals surface area contributed by atoms with Crippen LogP contribution in [0.1, 0.15) is 24.2 Å². The Morgan fingerprint density at radius 1 is 1.16 bits per heavy atom. The highest BCUT2D eigenvalue weighted by Crippen LogP contribution is 2.18. The number of nitrogens with zero attached hydrogens (tertiary/aromatic N) is 2. The maximum absolute atomic E-state index is 12.6. The molecule has 1 aromatic carbocycles. The lowest BCUT2D eigenvalue weighted by Gasteiger charge is -2.31. The highest BCUT2D eigenvalue weighted by Gasteiger charge is 2.27. The summed E-state index contributed by atoms with van der Waals surface area (Å²) < 4.78 is 32.1. The molecule has 1 fully saturated rings. The van der Waals surface area contributed by atoms with Crippen LogP contribution in [0.2, 0.25) is 0 Å². The Morgan fingerprint density at radius 2 is 1.76 bits per heavy atom. The van der Waals surface area contributed by atoms with Gasteiger partial charge in [-0.1, -0.05) is 0 Å². The summed E-state index contributed by atoms with van der Waals surface area (Å²) in [4.78, 5) is 14.4. The molecule has 1 aliphatic heterocycles. The van der Waals surface area contributed by atoms with E-state index in [1.54, 1.807) is 12.1 Å². The van der Waals surface area contributed by atoms with Gasteiger partial charge in [-0.15, -0.1) is 0 Å². The Hall–Kier alpha value is -1.48. The van der Waals surface area contributed by atoms with Crippen LogP contribution in [0.5, 0.6) is 0 Å². The van der Waals surface area contributed by atoms with Gasteiger partial charge < -0.3 is 15.0 Å². The van der Waals surface area contributed by atoms with Crippen LogP contribution in [-0.4, -0.2) is 76.0 Å². The van der Waals surface area contributed by atoms with E-state index in [1.165, 1.54) is 16.4 Å². The number of sulfonamides is 1. The highest BCUT2D eigenvalue weighted by atomic mass is 32.2. The van der Waals surface area contributed by atoms with E-state index in [-0.39, 0.29) is 16.9 Å². The molecule has 7 nitrogen and oxygen atoms in total. The number of ether oxygens (including phenoxy) is 1. The third-order valence-corrected chi connectivity index (χ3v) is 5.97. The molecule has 140 valence electrons.